The molecule has 0 saturated heterocycles. The van der Waals surface area contributed by atoms with Gasteiger partial charge in [-0.2, -0.15) is 0 Å². The third-order valence-corrected chi connectivity index (χ3v) is 7.12. The first-order chi connectivity index (χ1) is 14.7. The SMILES string of the molecule is O=P(Oc1ccccc1C(=NO)c1ccccc1)(c1ccccc1)c1ccccc1. The van der Waals surface area contributed by atoms with E-state index in [9.17, 15) is 9.77 Å². The van der Waals surface area contributed by atoms with E-state index in [4.69, 9.17) is 4.52 Å². The van der Waals surface area contributed by atoms with Crippen LogP contribution < -0.4 is 15.1 Å². The minimum Gasteiger partial charge on any atom is -0.436 e. The van der Waals surface area contributed by atoms with Crippen LogP contribution in [0.15, 0.2) is 120 Å². The van der Waals surface area contributed by atoms with Crippen molar-refractivity contribution in [2.45, 2.75) is 0 Å². The molecule has 0 fully saturated rings. The van der Waals surface area contributed by atoms with E-state index in [1.807, 2.05) is 72.8 Å². The normalized spacial score (nSPS) is 11.8. The highest BCUT2D eigenvalue weighted by molar-refractivity contribution is 7.74. The molecule has 0 heterocycles. The number of para-hydroxylation sites is 1. The van der Waals surface area contributed by atoms with Gasteiger partial charge in [0.05, 0.1) is 10.6 Å². The number of hydrogen-bond donors (Lipinski definition) is 1. The second-order valence-corrected chi connectivity index (χ2v) is 8.94. The van der Waals surface area contributed by atoms with Gasteiger partial charge in [0, 0.05) is 11.1 Å². The number of oxime groups is 1. The fourth-order valence-corrected chi connectivity index (χ4v) is 5.32. The second-order valence-electron chi connectivity index (χ2n) is 6.62. The van der Waals surface area contributed by atoms with Gasteiger partial charge in [0.25, 0.3) is 0 Å². The summed E-state index contributed by atoms with van der Waals surface area (Å²) >= 11 is 0. The maximum atomic E-state index is 14.3. The van der Waals surface area contributed by atoms with Gasteiger partial charge in [-0.05, 0) is 36.4 Å². The lowest BCUT2D eigenvalue weighted by molar-refractivity contribution is 0.319. The van der Waals surface area contributed by atoms with Crippen LogP contribution >= 0.6 is 7.37 Å². The number of benzene rings is 4. The zero-order valence-corrected chi connectivity index (χ0v) is 17.0. The van der Waals surface area contributed by atoms with E-state index in [-0.39, 0.29) is 0 Å². The monoisotopic (exact) mass is 413 g/mol. The first kappa shape index (κ1) is 19.7. The Kier molecular flexibility index (Phi) is 5.78. The van der Waals surface area contributed by atoms with Gasteiger partial charge in [0.1, 0.15) is 11.5 Å². The van der Waals surface area contributed by atoms with Crippen LogP contribution in [0.25, 0.3) is 0 Å². The van der Waals surface area contributed by atoms with E-state index in [0.717, 1.165) is 5.56 Å². The van der Waals surface area contributed by atoms with E-state index in [2.05, 4.69) is 5.16 Å². The topological polar surface area (TPSA) is 58.9 Å². The standard InChI is InChI=1S/C25H20NO3P/c27-26-25(20-12-4-1-5-13-20)23-18-10-11-19-24(23)29-30(28,21-14-6-2-7-15-21)22-16-8-3-9-17-22/h1-19,27H. The summed E-state index contributed by atoms with van der Waals surface area (Å²) in [5, 5.41) is 14.4. The number of nitrogens with zero attached hydrogens (tertiary/aromatic N) is 1. The van der Waals surface area contributed by atoms with E-state index < -0.39 is 7.37 Å². The minimum atomic E-state index is -3.45. The van der Waals surface area contributed by atoms with Crippen molar-refractivity contribution in [3.05, 3.63) is 126 Å². The van der Waals surface area contributed by atoms with Crippen LogP contribution in [0.3, 0.4) is 0 Å². The van der Waals surface area contributed by atoms with Crippen LogP contribution in [0.4, 0.5) is 0 Å². The Labute approximate surface area is 175 Å². The lowest BCUT2D eigenvalue weighted by Crippen LogP contribution is -2.21. The Morgan fingerprint density at radius 2 is 1.13 bits per heavy atom. The Morgan fingerprint density at radius 3 is 1.67 bits per heavy atom. The summed E-state index contributed by atoms with van der Waals surface area (Å²) in [4.78, 5) is 0. The molecule has 1 N–H and O–H groups in total. The average molecular weight is 413 g/mol. The third kappa shape index (κ3) is 3.91. The van der Waals surface area contributed by atoms with Gasteiger partial charge in [-0.3, -0.25) is 4.57 Å². The Morgan fingerprint density at radius 1 is 0.667 bits per heavy atom. The van der Waals surface area contributed by atoms with Crippen LogP contribution in [0.1, 0.15) is 11.1 Å². The molecular formula is C25H20NO3P. The van der Waals surface area contributed by atoms with Crippen LogP contribution in [0.5, 0.6) is 5.75 Å². The average Bonchev–Trinajstić information content (AvgIpc) is 2.82. The largest absolute Gasteiger partial charge is 0.436 e. The number of rotatable bonds is 6. The van der Waals surface area contributed by atoms with Crippen molar-refractivity contribution in [2.75, 3.05) is 0 Å². The molecule has 0 spiro atoms. The zero-order valence-electron chi connectivity index (χ0n) is 16.1. The Balaban J connectivity index is 1.84. The van der Waals surface area contributed by atoms with Crippen molar-refractivity contribution in [3.8, 4) is 5.75 Å². The molecule has 0 aromatic heterocycles. The van der Waals surface area contributed by atoms with Gasteiger partial charge in [-0.15, -0.1) is 0 Å². The molecular weight excluding hydrogens is 393 g/mol. The second kappa shape index (κ2) is 8.81. The molecule has 0 aliphatic heterocycles. The highest BCUT2D eigenvalue weighted by Gasteiger charge is 2.31. The van der Waals surface area contributed by atoms with E-state index in [0.29, 0.717) is 27.6 Å². The zero-order chi connectivity index (χ0) is 20.8. The molecule has 148 valence electrons. The van der Waals surface area contributed by atoms with Gasteiger partial charge in [0.15, 0.2) is 0 Å². The van der Waals surface area contributed by atoms with Crippen molar-refractivity contribution in [1.82, 2.24) is 0 Å². The third-order valence-electron chi connectivity index (χ3n) is 4.71. The summed E-state index contributed by atoms with van der Waals surface area (Å²) in [6.45, 7) is 0. The van der Waals surface area contributed by atoms with Crippen molar-refractivity contribution >= 4 is 23.7 Å². The van der Waals surface area contributed by atoms with Crippen LogP contribution in [0.2, 0.25) is 0 Å². The van der Waals surface area contributed by atoms with E-state index in [1.54, 1.807) is 42.5 Å². The van der Waals surface area contributed by atoms with Gasteiger partial charge in [-0.25, -0.2) is 0 Å². The molecule has 0 bridgehead atoms. The summed E-state index contributed by atoms with van der Waals surface area (Å²) < 4.78 is 20.5. The van der Waals surface area contributed by atoms with Gasteiger partial charge in [-0.1, -0.05) is 84.0 Å². The quantitative estimate of drug-likeness (QED) is 0.204. The lowest BCUT2D eigenvalue weighted by atomic mass is 10.0. The molecule has 0 aliphatic rings. The number of hydrogen-bond acceptors (Lipinski definition) is 4. The molecule has 0 amide bonds. The predicted octanol–water partition coefficient (Wildman–Crippen LogP) is 5.22. The van der Waals surface area contributed by atoms with E-state index >= 15 is 0 Å². The summed E-state index contributed by atoms with van der Waals surface area (Å²) in [5.41, 5.74) is 1.63. The summed E-state index contributed by atoms with van der Waals surface area (Å²) in [7, 11) is -3.45. The highest BCUT2D eigenvalue weighted by atomic mass is 31.2. The molecule has 5 heteroatoms. The molecule has 4 aromatic rings. The predicted molar refractivity (Wildman–Crippen MR) is 121 cm³/mol. The van der Waals surface area contributed by atoms with Crippen molar-refractivity contribution in [2.24, 2.45) is 5.16 Å². The molecule has 4 nitrogen and oxygen atoms in total. The molecule has 0 unspecified atom stereocenters. The maximum Gasteiger partial charge on any atom is 0.306 e. The first-order valence-electron chi connectivity index (χ1n) is 9.50. The molecule has 4 rings (SSSR count). The van der Waals surface area contributed by atoms with Crippen molar-refractivity contribution in [3.63, 3.8) is 0 Å². The highest BCUT2D eigenvalue weighted by Crippen LogP contribution is 2.46. The van der Waals surface area contributed by atoms with Gasteiger partial charge in [0.2, 0.25) is 0 Å². The fourth-order valence-electron chi connectivity index (χ4n) is 3.25. The molecule has 0 saturated carbocycles. The first-order valence-corrected chi connectivity index (χ1v) is 11.1. The molecule has 30 heavy (non-hydrogen) atoms. The van der Waals surface area contributed by atoms with Gasteiger partial charge < -0.3 is 9.73 Å². The molecule has 4 aromatic carbocycles. The van der Waals surface area contributed by atoms with E-state index in [1.165, 1.54) is 0 Å². The van der Waals surface area contributed by atoms with Crippen molar-refractivity contribution < 1.29 is 14.3 Å². The molecule has 0 aliphatic carbocycles. The van der Waals surface area contributed by atoms with Crippen LogP contribution in [0, 0.1) is 0 Å². The summed E-state index contributed by atoms with van der Waals surface area (Å²) in [6.07, 6.45) is 0. The smallest absolute Gasteiger partial charge is 0.306 e. The van der Waals surface area contributed by atoms with Crippen LogP contribution in [-0.4, -0.2) is 10.9 Å². The molecule has 0 radical (unpaired) electrons. The summed E-state index contributed by atoms with van der Waals surface area (Å²) in [6, 6.07) is 34.8. The summed E-state index contributed by atoms with van der Waals surface area (Å²) in [5.74, 6) is 0.380. The van der Waals surface area contributed by atoms with Crippen LogP contribution in [-0.2, 0) is 4.57 Å². The maximum absolute atomic E-state index is 14.3. The lowest BCUT2D eigenvalue weighted by Gasteiger charge is -2.22. The minimum absolute atomic E-state index is 0.346. The Bertz CT molecular complexity index is 1150. The van der Waals surface area contributed by atoms with Crippen molar-refractivity contribution in [1.29, 1.82) is 0 Å². The fraction of sp³-hybridized carbons (Fsp3) is 0. The Hall–Kier alpha value is -3.62. The molecule has 0 atom stereocenters. The van der Waals surface area contributed by atoms with Gasteiger partial charge >= 0.3 is 7.37 Å².